The predicted octanol–water partition coefficient (Wildman–Crippen LogP) is 5.02. The number of nitrogens with zero attached hydrogens (tertiary/aromatic N) is 1. The molecule has 0 bridgehead atoms. The van der Waals surface area contributed by atoms with Crippen LogP contribution in [0.4, 0.5) is 10.5 Å². The van der Waals surface area contributed by atoms with Gasteiger partial charge in [-0.25, -0.2) is 4.79 Å². The van der Waals surface area contributed by atoms with Crippen molar-refractivity contribution >= 4 is 29.5 Å². The summed E-state index contributed by atoms with van der Waals surface area (Å²) in [4.78, 5) is 54.6. The number of hydrogen-bond acceptors (Lipinski definition) is 5. The Morgan fingerprint density at radius 3 is 2.05 bits per heavy atom. The van der Waals surface area contributed by atoms with Crippen molar-refractivity contribution in [3.05, 3.63) is 65.2 Å². The Morgan fingerprint density at radius 2 is 1.55 bits per heavy atom. The summed E-state index contributed by atoms with van der Waals surface area (Å²) in [6.45, 7) is 14.6. The van der Waals surface area contributed by atoms with Crippen molar-refractivity contribution in [2.75, 3.05) is 5.32 Å². The fraction of sp³-hybridized carbons (Fsp3) is 0.484. The van der Waals surface area contributed by atoms with Gasteiger partial charge in [-0.15, -0.1) is 0 Å². The van der Waals surface area contributed by atoms with Gasteiger partial charge in [0.1, 0.15) is 17.7 Å². The van der Waals surface area contributed by atoms with Crippen LogP contribution in [0.25, 0.3) is 0 Å². The normalized spacial score (nSPS) is 13.1. The van der Waals surface area contributed by atoms with Crippen LogP contribution in [0.1, 0.15) is 84.0 Å². The number of hydrogen-bond donors (Lipinski definition) is 3. The summed E-state index contributed by atoms with van der Waals surface area (Å²) >= 11 is 0. The van der Waals surface area contributed by atoms with Crippen molar-refractivity contribution in [2.24, 2.45) is 5.73 Å². The van der Waals surface area contributed by atoms with Crippen LogP contribution in [0.15, 0.2) is 48.5 Å². The van der Waals surface area contributed by atoms with E-state index in [0.717, 1.165) is 17.5 Å². The number of rotatable bonds is 11. The Labute approximate surface area is 237 Å². The molecule has 0 aromatic heterocycles. The first-order valence-corrected chi connectivity index (χ1v) is 13.7. The quantitative estimate of drug-likeness (QED) is 0.360. The molecule has 0 spiro atoms. The maximum atomic E-state index is 14.3. The smallest absolute Gasteiger partial charge is 0.408 e. The van der Waals surface area contributed by atoms with E-state index < -0.39 is 53.5 Å². The molecule has 40 heavy (non-hydrogen) atoms. The van der Waals surface area contributed by atoms with Crippen LogP contribution < -0.4 is 16.4 Å². The van der Waals surface area contributed by atoms with E-state index in [2.05, 4.69) is 10.6 Å². The highest BCUT2D eigenvalue weighted by Gasteiger charge is 2.43. The summed E-state index contributed by atoms with van der Waals surface area (Å²) in [7, 11) is 0. The summed E-state index contributed by atoms with van der Waals surface area (Å²) in [5.74, 6) is -1.83. The molecule has 2 unspecified atom stereocenters. The van der Waals surface area contributed by atoms with Gasteiger partial charge in [-0.3, -0.25) is 14.4 Å². The van der Waals surface area contributed by atoms with Crippen molar-refractivity contribution in [2.45, 2.75) is 97.9 Å². The second-order valence-corrected chi connectivity index (χ2v) is 11.5. The van der Waals surface area contributed by atoms with Crippen LogP contribution >= 0.6 is 0 Å². The van der Waals surface area contributed by atoms with Gasteiger partial charge in [-0.2, -0.15) is 0 Å². The van der Waals surface area contributed by atoms with Crippen LogP contribution in [0.5, 0.6) is 0 Å². The van der Waals surface area contributed by atoms with E-state index in [9.17, 15) is 19.2 Å². The standard InChI is InChI=1S/C31H44N4O5/c1-9-21-15-17-22(18-16-21)26(27(37)33-23-14-12-11-13-20(23)3)35(31(7,8)10-2)28(38)24(19-25(32)36)34-29(39)40-30(4,5)6/h11-18,24,26H,9-10,19H2,1-8H3,(H2,32,36)(H,33,37)(H,34,39). The second-order valence-electron chi connectivity index (χ2n) is 11.5. The third-order valence-electron chi connectivity index (χ3n) is 6.76. The largest absolute Gasteiger partial charge is 0.444 e. The Kier molecular flexibility index (Phi) is 10.9. The lowest BCUT2D eigenvalue weighted by Gasteiger charge is -2.44. The molecule has 4 N–H and O–H groups in total. The molecular weight excluding hydrogens is 508 g/mol. The van der Waals surface area contributed by atoms with Gasteiger partial charge in [0.25, 0.3) is 5.91 Å². The number of carbonyl (C=O) groups is 4. The Hall–Kier alpha value is -3.88. The number of benzene rings is 2. The number of amides is 4. The van der Waals surface area contributed by atoms with Gasteiger partial charge in [0, 0.05) is 11.2 Å². The van der Waals surface area contributed by atoms with E-state index >= 15 is 0 Å². The zero-order valence-corrected chi connectivity index (χ0v) is 25.0. The van der Waals surface area contributed by atoms with Crippen LogP contribution in [-0.2, 0) is 25.5 Å². The minimum absolute atomic E-state index is 0.427. The first-order chi connectivity index (χ1) is 18.6. The van der Waals surface area contributed by atoms with E-state index in [-0.39, 0.29) is 0 Å². The molecule has 0 radical (unpaired) electrons. The third kappa shape index (κ3) is 8.83. The van der Waals surface area contributed by atoms with E-state index in [1.165, 1.54) is 4.90 Å². The summed E-state index contributed by atoms with van der Waals surface area (Å²) in [6.07, 6.45) is -0.0379. The predicted molar refractivity (Wildman–Crippen MR) is 157 cm³/mol. The van der Waals surface area contributed by atoms with Crippen LogP contribution in [-0.4, -0.2) is 45.9 Å². The molecule has 0 aliphatic rings. The fourth-order valence-corrected chi connectivity index (χ4v) is 4.23. The number of para-hydroxylation sites is 1. The molecule has 9 nitrogen and oxygen atoms in total. The van der Waals surface area contributed by atoms with Gasteiger partial charge in [-0.1, -0.05) is 56.3 Å². The van der Waals surface area contributed by atoms with Crippen molar-refractivity contribution in [3.8, 4) is 0 Å². The van der Waals surface area contributed by atoms with Crippen LogP contribution in [0, 0.1) is 6.92 Å². The second kappa shape index (κ2) is 13.5. The molecule has 4 amide bonds. The summed E-state index contributed by atoms with van der Waals surface area (Å²) in [5, 5.41) is 5.50. The number of nitrogens with one attached hydrogen (secondary N) is 2. The fourth-order valence-electron chi connectivity index (χ4n) is 4.23. The highest BCUT2D eigenvalue weighted by molar-refractivity contribution is 6.00. The number of nitrogens with two attached hydrogens (primary N) is 1. The van der Waals surface area contributed by atoms with Gasteiger partial charge in [-0.05, 0) is 77.1 Å². The average molecular weight is 553 g/mol. The topological polar surface area (TPSA) is 131 Å². The number of carbonyl (C=O) groups excluding carboxylic acids is 4. The average Bonchev–Trinajstić information content (AvgIpc) is 2.86. The SMILES string of the molecule is CCc1ccc(C(C(=O)Nc2ccccc2C)N(C(=O)C(CC(N)=O)NC(=O)OC(C)(C)C)C(C)(C)CC)cc1. The molecule has 2 aromatic rings. The highest BCUT2D eigenvalue weighted by Crippen LogP contribution is 2.33. The first-order valence-electron chi connectivity index (χ1n) is 13.7. The molecule has 2 rings (SSSR count). The van der Waals surface area contributed by atoms with Crippen LogP contribution in [0.2, 0.25) is 0 Å². The van der Waals surface area contributed by atoms with Crippen molar-refractivity contribution in [1.29, 1.82) is 0 Å². The lowest BCUT2D eigenvalue weighted by Crippen LogP contribution is -2.59. The van der Waals surface area contributed by atoms with Gasteiger partial charge >= 0.3 is 6.09 Å². The zero-order valence-electron chi connectivity index (χ0n) is 25.0. The molecular formula is C31H44N4O5. The summed E-state index contributed by atoms with van der Waals surface area (Å²) in [5.41, 5.74) is 6.95. The lowest BCUT2D eigenvalue weighted by molar-refractivity contribution is -0.148. The van der Waals surface area contributed by atoms with E-state index in [0.29, 0.717) is 17.7 Å². The zero-order chi connectivity index (χ0) is 30.3. The molecule has 0 heterocycles. The van der Waals surface area contributed by atoms with E-state index in [1.807, 2.05) is 77.1 Å². The summed E-state index contributed by atoms with van der Waals surface area (Å²) in [6, 6.07) is 12.4. The number of primary amides is 1. The first kappa shape index (κ1) is 32.3. The van der Waals surface area contributed by atoms with Crippen molar-refractivity contribution in [1.82, 2.24) is 10.2 Å². The number of ether oxygens (including phenoxy) is 1. The number of alkyl carbamates (subject to hydrolysis) is 1. The number of aryl methyl sites for hydroxylation is 2. The minimum atomic E-state index is -1.35. The maximum absolute atomic E-state index is 14.3. The molecule has 0 saturated carbocycles. The van der Waals surface area contributed by atoms with Crippen molar-refractivity contribution < 1.29 is 23.9 Å². The van der Waals surface area contributed by atoms with Gasteiger partial charge in [0.15, 0.2) is 0 Å². The van der Waals surface area contributed by atoms with E-state index in [4.69, 9.17) is 10.5 Å². The van der Waals surface area contributed by atoms with Gasteiger partial charge in [0.05, 0.1) is 6.42 Å². The molecule has 218 valence electrons. The lowest BCUT2D eigenvalue weighted by atomic mass is 9.91. The Morgan fingerprint density at radius 1 is 0.950 bits per heavy atom. The number of anilines is 1. The Balaban J connectivity index is 2.66. The van der Waals surface area contributed by atoms with E-state index in [1.54, 1.807) is 26.8 Å². The van der Waals surface area contributed by atoms with Crippen LogP contribution in [0.3, 0.4) is 0 Å². The van der Waals surface area contributed by atoms with Gasteiger partial charge in [0.2, 0.25) is 11.8 Å². The molecule has 2 atom stereocenters. The molecule has 0 aliphatic carbocycles. The van der Waals surface area contributed by atoms with Crippen molar-refractivity contribution in [3.63, 3.8) is 0 Å². The molecule has 9 heteroatoms. The Bertz CT molecular complexity index is 1200. The summed E-state index contributed by atoms with van der Waals surface area (Å²) < 4.78 is 5.35. The maximum Gasteiger partial charge on any atom is 0.408 e. The van der Waals surface area contributed by atoms with Gasteiger partial charge < -0.3 is 26.0 Å². The third-order valence-corrected chi connectivity index (χ3v) is 6.76. The highest BCUT2D eigenvalue weighted by atomic mass is 16.6. The molecule has 2 aromatic carbocycles. The molecule has 0 fully saturated rings. The minimum Gasteiger partial charge on any atom is -0.444 e. The molecule has 0 saturated heterocycles. The molecule has 0 aliphatic heterocycles. The monoisotopic (exact) mass is 552 g/mol.